The van der Waals surface area contributed by atoms with Crippen LogP contribution in [0.5, 0.6) is 5.75 Å². The number of benzene rings is 1. The molecule has 0 N–H and O–H groups in total. The monoisotopic (exact) mass is 347 g/mol. The summed E-state index contributed by atoms with van der Waals surface area (Å²) in [4.78, 5) is 24.3. The van der Waals surface area contributed by atoms with E-state index in [0.29, 0.717) is 16.3 Å². The zero-order chi connectivity index (χ0) is 19.0. The smallest absolute Gasteiger partial charge is 0.440 e. The predicted octanol–water partition coefficient (Wildman–Crippen LogP) is 3.31. The van der Waals surface area contributed by atoms with Gasteiger partial charge in [0.05, 0.1) is 19.3 Å². The number of nitrogens with zero attached hydrogens (tertiary/aromatic N) is 3. The molecule has 0 saturated heterocycles. The molecule has 0 fully saturated rings. The molecule has 0 aliphatic carbocycles. The van der Waals surface area contributed by atoms with Gasteiger partial charge in [-0.25, -0.2) is 9.59 Å². The van der Waals surface area contributed by atoms with Crippen LogP contribution in [0.15, 0.2) is 29.4 Å². The lowest BCUT2D eigenvalue weighted by Gasteiger charge is -2.18. The van der Waals surface area contributed by atoms with Crippen LogP contribution < -0.4 is 4.74 Å². The van der Waals surface area contributed by atoms with Gasteiger partial charge in [0.25, 0.3) is 0 Å². The largest absolute Gasteiger partial charge is 0.497 e. The topological polar surface area (TPSA) is 101 Å². The van der Waals surface area contributed by atoms with Crippen molar-refractivity contribution in [2.24, 2.45) is 5.10 Å². The standard InChI is InChI=1S/C17H21N3O5/c1-11(2)24-16(21)20(17(22)25-12(3)4)19-15(10-18)13-6-8-14(23-5)9-7-13/h6-9,11-12H,1-5H3/b19-15+. The van der Waals surface area contributed by atoms with Gasteiger partial charge in [0.15, 0.2) is 5.71 Å². The molecule has 0 saturated carbocycles. The van der Waals surface area contributed by atoms with Gasteiger partial charge in [-0.1, -0.05) is 5.01 Å². The molecule has 0 heterocycles. The Bertz CT molecular complexity index is 653. The second kappa shape index (κ2) is 9.27. The quantitative estimate of drug-likeness (QED) is 0.598. The van der Waals surface area contributed by atoms with E-state index in [-0.39, 0.29) is 5.71 Å². The minimum atomic E-state index is -1.03. The van der Waals surface area contributed by atoms with E-state index in [1.54, 1.807) is 52.0 Å². The van der Waals surface area contributed by atoms with E-state index in [1.165, 1.54) is 7.11 Å². The molecule has 0 unspecified atom stereocenters. The number of carbonyl (C=O) groups excluding carboxylic acids is 2. The number of hydrogen-bond acceptors (Lipinski definition) is 7. The van der Waals surface area contributed by atoms with Crippen molar-refractivity contribution in [2.45, 2.75) is 39.9 Å². The number of methoxy groups -OCH3 is 1. The molecule has 8 nitrogen and oxygen atoms in total. The second-order valence-electron chi connectivity index (χ2n) is 5.47. The molecule has 1 aromatic carbocycles. The Hall–Kier alpha value is -3.08. The number of hydrazone groups is 1. The Morgan fingerprint density at radius 1 is 1.04 bits per heavy atom. The zero-order valence-electron chi connectivity index (χ0n) is 14.8. The molecular formula is C17H21N3O5. The van der Waals surface area contributed by atoms with Crippen molar-refractivity contribution < 1.29 is 23.8 Å². The fraction of sp³-hybridized carbons (Fsp3) is 0.412. The molecule has 0 aromatic heterocycles. The second-order valence-corrected chi connectivity index (χ2v) is 5.47. The van der Waals surface area contributed by atoms with E-state index in [2.05, 4.69) is 5.10 Å². The maximum absolute atomic E-state index is 12.1. The Labute approximate surface area is 146 Å². The van der Waals surface area contributed by atoms with Crippen LogP contribution >= 0.6 is 0 Å². The fourth-order valence-corrected chi connectivity index (χ4v) is 1.65. The van der Waals surface area contributed by atoms with Crippen LogP contribution in [-0.4, -0.2) is 42.2 Å². The van der Waals surface area contributed by atoms with Gasteiger partial charge >= 0.3 is 12.2 Å². The third-order valence-electron chi connectivity index (χ3n) is 2.69. The van der Waals surface area contributed by atoms with Crippen molar-refractivity contribution >= 4 is 17.9 Å². The van der Waals surface area contributed by atoms with Gasteiger partial charge in [0, 0.05) is 5.56 Å². The van der Waals surface area contributed by atoms with E-state index in [1.807, 2.05) is 6.07 Å². The van der Waals surface area contributed by atoms with Crippen molar-refractivity contribution in [3.8, 4) is 11.8 Å². The third-order valence-corrected chi connectivity index (χ3v) is 2.69. The van der Waals surface area contributed by atoms with Crippen molar-refractivity contribution in [1.29, 1.82) is 5.26 Å². The Morgan fingerprint density at radius 2 is 1.52 bits per heavy atom. The van der Waals surface area contributed by atoms with Crippen LogP contribution in [0.4, 0.5) is 9.59 Å². The summed E-state index contributed by atoms with van der Waals surface area (Å²) in [5.41, 5.74) is 0.257. The molecule has 134 valence electrons. The van der Waals surface area contributed by atoms with Crippen LogP contribution in [0, 0.1) is 11.3 Å². The van der Waals surface area contributed by atoms with Crippen molar-refractivity contribution in [2.75, 3.05) is 7.11 Å². The lowest BCUT2D eigenvalue weighted by molar-refractivity contribution is 0.0518. The maximum Gasteiger partial charge on any atom is 0.440 e. The first kappa shape index (κ1) is 20.0. The Balaban J connectivity index is 3.20. The van der Waals surface area contributed by atoms with E-state index in [9.17, 15) is 14.9 Å². The summed E-state index contributed by atoms with van der Waals surface area (Å²) >= 11 is 0. The molecule has 0 atom stereocenters. The van der Waals surface area contributed by atoms with Gasteiger partial charge in [-0.05, 0) is 52.0 Å². The average Bonchev–Trinajstić information content (AvgIpc) is 2.54. The van der Waals surface area contributed by atoms with Crippen LogP contribution in [0.25, 0.3) is 0 Å². The van der Waals surface area contributed by atoms with E-state index < -0.39 is 24.4 Å². The molecule has 0 aliphatic heterocycles. The van der Waals surface area contributed by atoms with E-state index >= 15 is 0 Å². The van der Waals surface area contributed by atoms with Crippen LogP contribution in [0.3, 0.4) is 0 Å². The lowest BCUT2D eigenvalue weighted by Crippen LogP contribution is -2.36. The minimum absolute atomic E-state index is 0.149. The SMILES string of the molecule is COc1ccc(/C(C#N)=N/N(C(=O)OC(C)C)C(=O)OC(C)C)cc1. The molecule has 1 aromatic rings. The van der Waals surface area contributed by atoms with Crippen LogP contribution in [0.2, 0.25) is 0 Å². The zero-order valence-corrected chi connectivity index (χ0v) is 14.8. The van der Waals surface area contributed by atoms with Crippen molar-refractivity contribution in [1.82, 2.24) is 5.01 Å². The molecule has 8 heteroatoms. The summed E-state index contributed by atoms with van der Waals surface area (Å²) in [7, 11) is 1.51. The summed E-state index contributed by atoms with van der Waals surface area (Å²) in [6, 6.07) is 8.28. The number of carbonyl (C=O) groups is 2. The first-order chi connectivity index (χ1) is 11.8. The van der Waals surface area contributed by atoms with Gasteiger partial charge in [0.1, 0.15) is 11.8 Å². The molecule has 25 heavy (non-hydrogen) atoms. The molecule has 0 bridgehead atoms. The molecule has 1 rings (SSSR count). The summed E-state index contributed by atoms with van der Waals surface area (Å²) in [6.45, 7) is 6.51. The highest BCUT2D eigenvalue weighted by Crippen LogP contribution is 2.13. The molecule has 0 spiro atoms. The highest BCUT2D eigenvalue weighted by Gasteiger charge is 2.27. The first-order valence-electron chi connectivity index (χ1n) is 7.63. The Kier molecular flexibility index (Phi) is 7.41. The number of amides is 2. The number of hydrogen-bond donors (Lipinski definition) is 0. The maximum atomic E-state index is 12.1. The summed E-state index contributed by atoms with van der Waals surface area (Å²) in [5, 5.41) is 13.6. The molecule has 2 amide bonds. The van der Waals surface area contributed by atoms with Gasteiger partial charge in [-0.15, -0.1) is 5.10 Å². The van der Waals surface area contributed by atoms with Gasteiger partial charge in [-0.3, -0.25) is 0 Å². The number of nitriles is 1. The van der Waals surface area contributed by atoms with Crippen LogP contribution in [0.1, 0.15) is 33.3 Å². The summed E-state index contributed by atoms with van der Waals surface area (Å²) in [6.07, 6.45) is -2.99. The lowest BCUT2D eigenvalue weighted by atomic mass is 10.1. The number of ether oxygens (including phenoxy) is 3. The highest BCUT2D eigenvalue weighted by molar-refractivity contribution is 6.12. The van der Waals surface area contributed by atoms with Crippen LogP contribution in [-0.2, 0) is 9.47 Å². The molecular weight excluding hydrogens is 326 g/mol. The van der Waals surface area contributed by atoms with Crippen molar-refractivity contribution in [3.63, 3.8) is 0 Å². The fourth-order valence-electron chi connectivity index (χ4n) is 1.65. The number of imide groups is 1. The normalized spacial score (nSPS) is 11.0. The highest BCUT2D eigenvalue weighted by atomic mass is 16.6. The minimum Gasteiger partial charge on any atom is -0.497 e. The van der Waals surface area contributed by atoms with E-state index in [0.717, 1.165) is 0 Å². The Morgan fingerprint density at radius 3 is 1.88 bits per heavy atom. The molecule has 0 radical (unpaired) electrons. The number of rotatable bonds is 5. The predicted molar refractivity (Wildman–Crippen MR) is 90.2 cm³/mol. The van der Waals surface area contributed by atoms with E-state index in [4.69, 9.17) is 14.2 Å². The van der Waals surface area contributed by atoms with Gasteiger partial charge < -0.3 is 14.2 Å². The molecule has 0 aliphatic rings. The summed E-state index contributed by atoms with van der Waals surface area (Å²) in [5.74, 6) is 0.594. The van der Waals surface area contributed by atoms with Crippen molar-refractivity contribution in [3.05, 3.63) is 29.8 Å². The first-order valence-corrected chi connectivity index (χ1v) is 7.63. The summed E-state index contributed by atoms with van der Waals surface area (Å²) < 4.78 is 15.0. The average molecular weight is 347 g/mol. The van der Waals surface area contributed by atoms with Gasteiger partial charge in [0.2, 0.25) is 0 Å². The van der Waals surface area contributed by atoms with Gasteiger partial charge in [-0.2, -0.15) is 5.26 Å². The third kappa shape index (κ3) is 6.14.